The second-order valence-electron chi connectivity index (χ2n) is 3.97. The highest BCUT2D eigenvalue weighted by molar-refractivity contribution is 5.53. The number of hydrogen-bond acceptors (Lipinski definition) is 0. The molecule has 0 amide bonds. The van der Waals surface area contributed by atoms with Crippen LogP contribution in [0.3, 0.4) is 0 Å². The van der Waals surface area contributed by atoms with Crippen LogP contribution in [0.4, 0.5) is 35.1 Å². The third kappa shape index (κ3) is 0.889. The van der Waals surface area contributed by atoms with E-state index in [0.29, 0.717) is 6.92 Å². The predicted octanol–water partition coefficient (Wildman–Crippen LogP) is 3.80. The van der Waals surface area contributed by atoms with Crippen LogP contribution >= 0.6 is 0 Å². The zero-order valence-electron chi connectivity index (χ0n) is 8.10. The summed E-state index contributed by atoms with van der Waals surface area (Å²) in [6, 6.07) is 0. The first-order valence-corrected chi connectivity index (χ1v) is 4.34. The normalized spacial score (nSPS) is 42.8. The van der Waals surface area contributed by atoms with Crippen LogP contribution in [0.2, 0.25) is 0 Å². The fourth-order valence-corrected chi connectivity index (χ4v) is 2.00. The Balaban J connectivity index is 2.91. The minimum Gasteiger partial charge on any atom is -0.224 e. The van der Waals surface area contributed by atoms with Crippen molar-refractivity contribution in [1.82, 2.24) is 0 Å². The summed E-state index contributed by atoms with van der Waals surface area (Å²) in [5.74, 6) is -17.1. The zero-order chi connectivity index (χ0) is 13.4. The van der Waals surface area contributed by atoms with Crippen molar-refractivity contribution in [3.05, 3.63) is 23.3 Å². The van der Waals surface area contributed by atoms with Gasteiger partial charge in [0.05, 0.1) is 0 Å². The molecule has 0 saturated carbocycles. The van der Waals surface area contributed by atoms with Gasteiger partial charge in [0.2, 0.25) is 0 Å². The number of halogens is 8. The van der Waals surface area contributed by atoms with Crippen LogP contribution in [-0.2, 0) is 0 Å². The Bertz CT molecular complexity index is 462. The largest absolute Gasteiger partial charge is 0.357 e. The molecule has 0 aliphatic heterocycles. The van der Waals surface area contributed by atoms with Crippen molar-refractivity contribution in [2.45, 2.75) is 30.1 Å². The summed E-state index contributed by atoms with van der Waals surface area (Å²) in [4.78, 5) is 0. The molecular weight excluding hydrogens is 260 g/mol. The predicted molar refractivity (Wildman–Crippen MR) is 40.6 cm³/mol. The summed E-state index contributed by atoms with van der Waals surface area (Å²) in [6.07, 6.45) is -0.344. The van der Waals surface area contributed by atoms with Gasteiger partial charge < -0.3 is 0 Å². The van der Waals surface area contributed by atoms with Gasteiger partial charge in [0.25, 0.3) is 11.3 Å². The molecule has 2 bridgehead atoms. The first-order chi connectivity index (χ1) is 7.44. The molecule has 3 aliphatic rings. The molecule has 0 aromatic rings. The van der Waals surface area contributed by atoms with Gasteiger partial charge in [0.1, 0.15) is 0 Å². The van der Waals surface area contributed by atoms with E-state index >= 15 is 0 Å². The van der Waals surface area contributed by atoms with Crippen LogP contribution in [0.25, 0.3) is 0 Å². The lowest BCUT2D eigenvalue weighted by atomic mass is 9.66. The fourth-order valence-electron chi connectivity index (χ4n) is 2.00. The van der Waals surface area contributed by atoms with Crippen molar-refractivity contribution in [3.8, 4) is 0 Å². The molecule has 96 valence electrons. The van der Waals surface area contributed by atoms with E-state index in [1.54, 1.807) is 0 Å². The highest BCUT2D eigenvalue weighted by atomic mass is 19.3. The SMILES string of the molecule is CC1=CC2(F)C(F)=C(F)C1(F)C(F)(F)C2(F)F. The Morgan fingerprint density at radius 2 is 1.29 bits per heavy atom. The summed E-state index contributed by atoms with van der Waals surface area (Å²) in [5, 5.41) is 0. The van der Waals surface area contributed by atoms with E-state index in [-0.39, 0.29) is 6.08 Å². The highest BCUT2D eigenvalue weighted by Crippen LogP contribution is 2.67. The number of fused-ring (bicyclic) bond motifs is 1. The third-order valence-corrected chi connectivity index (χ3v) is 3.06. The monoisotopic (exact) mass is 264 g/mol. The molecule has 3 aliphatic carbocycles. The molecule has 0 N–H and O–H groups in total. The third-order valence-electron chi connectivity index (χ3n) is 3.06. The van der Waals surface area contributed by atoms with E-state index in [9.17, 15) is 35.1 Å². The molecule has 0 fully saturated rings. The maximum Gasteiger partial charge on any atom is 0.357 e. The highest BCUT2D eigenvalue weighted by Gasteiger charge is 2.87. The van der Waals surface area contributed by atoms with Crippen LogP contribution in [-0.4, -0.2) is 23.2 Å². The molecule has 17 heavy (non-hydrogen) atoms. The van der Waals surface area contributed by atoms with Crippen LogP contribution < -0.4 is 0 Å². The van der Waals surface area contributed by atoms with Gasteiger partial charge in [-0.3, -0.25) is 0 Å². The summed E-state index contributed by atoms with van der Waals surface area (Å²) in [5.41, 5.74) is -10.6. The minimum atomic E-state index is -5.70. The minimum absolute atomic E-state index is 0.344. The molecule has 0 aromatic carbocycles. The lowest BCUT2D eigenvalue weighted by molar-refractivity contribution is -0.310. The summed E-state index contributed by atoms with van der Waals surface area (Å²) in [7, 11) is 0. The Morgan fingerprint density at radius 1 is 0.824 bits per heavy atom. The van der Waals surface area contributed by atoms with Gasteiger partial charge in [-0.2, -0.15) is 17.6 Å². The first kappa shape index (κ1) is 12.4. The molecule has 2 atom stereocenters. The van der Waals surface area contributed by atoms with Gasteiger partial charge in [0, 0.05) is 0 Å². The molecule has 0 heterocycles. The maximum atomic E-state index is 13.7. The standard InChI is InChI=1S/C9H4F8/c1-3-2-6(12)4(10)5(11)7(3,13)9(16,17)8(6,14)15/h2H,1H3. The topological polar surface area (TPSA) is 0 Å². The van der Waals surface area contributed by atoms with Gasteiger partial charge >= 0.3 is 11.8 Å². The van der Waals surface area contributed by atoms with Crippen LogP contribution in [0.5, 0.6) is 0 Å². The van der Waals surface area contributed by atoms with Gasteiger partial charge in [-0.05, 0) is 18.6 Å². The Morgan fingerprint density at radius 3 is 1.76 bits per heavy atom. The maximum absolute atomic E-state index is 13.7. The van der Waals surface area contributed by atoms with Gasteiger partial charge in [-0.1, -0.05) is 0 Å². The van der Waals surface area contributed by atoms with E-state index in [4.69, 9.17) is 0 Å². The van der Waals surface area contributed by atoms with Crippen molar-refractivity contribution in [2.75, 3.05) is 0 Å². The molecule has 0 spiro atoms. The Hall–Kier alpha value is -1.08. The van der Waals surface area contributed by atoms with Crippen LogP contribution in [0.15, 0.2) is 23.3 Å². The number of allylic oxidation sites excluding steroid dienone is 4. The Labute approximate surface area is 89.6 Å². The summed E-state index contributed by atoms with van der Waals surface area (Å²) < 4.78 is 106. The average Bonchev–Trinajstić information content (AvgIpc) is 2.21. The lowest BCUT2D eigenvalue weighted by Crippen LogP contribution is -2.71. The molecule has 0 radical (unpaired) electrons. The van der Waals surface area contributed by atoms with Crippen molar-refractivity contribution in [1.29, 1.82) is 0 Å². The van der Waals surface area contributed by atoms with E-state index in [1.165, 1.54) is 0 Å². The second-order valence-corrected chi connectivity index (χ2v) is 3.97. The average molecular weight is 264 g/mol. The zero-order valence-corrected chi connectivity index (χ0v) is 8.10. The van der Waals surface area contributed by atoms with E-state index in [2.05, 4.69) is 0 Å². The second kappa shape index (κ2) is 2.67. The molecule has 0 saturated heterocycles. The van der Waals surface area contributed by atoms with Crippen molar-refractivity contribution < 1.29 is 35.1 Å². The molecule has 8 heteroatoms. The fraction of sp³-hybridized carbons (Fsp3) is 0.556. The van der Waals surface area contributed by atoms with Crippen LogP contribution in [0, 0.1) is 0 Å². The van der Waals surface area contributed by atoms with E-state index < -0.39 is 40.4 Å². The lowest BCUT2D eigenvalue weighted by Gasteiger charge is -2.50. The van der Waals surface area contributed by atoms with Crippen molar-refractivity contribution >= 4 is 0 Å². The van der Waals surface area contributed by atoms with Gasteiger partial charge in [0.15, 0.2) is 11.7 Å². The number of hydrogen-bond donors (Lipinski definition) is 0. The van der Waals surface area contributed by atoms with E-state index in [1.807, 2.05) is 0 Å². The van der Waals surface area contributed by atoms with Gasteiger partial charge in [-0.25, -0.2) is 17.6 Å². The van der Waals surface area contributed by atoms with Gasteiger partial charge in [-0.15, -0.1) is 0 Å². The molecular formula is C9H4F8. The summed E-state index contributed by atoms with van der Waals surface area (Å²) in [6.45, 7) is 0.490. The number of alkyl halides is 6. The number of rotatable bonds is 0. The van der Waals surface area contributed by atoms with Crippen molar-refractivity contribution in [3.63, 3.8) is 0 Å². The quantitative estimate of drug-likeness (QED) is 0.461. The van der Waals surface area contributed by atoms with Crippen LogP contribution in [0.1, 0.15) is 6.92 Å². The molecule has 2 unspecified atom stereocenters. The molecule has 0 aromatic heterocycles. The molecule has 0 nitrogen and oxygen atoms in total. The summed E-state index contributed by atoms with van der Waals surface area (Å²) >= 11 is 0. The molecule has 3 rings (SSSR count). The van der Waals surface area contributed by atoms with E-state index in [0.717, 1.165) is 0 Å². The first-order valence-electron chi connectivity index (χ1n) is 4.34. The van der Waals surface area contributed by atoms with Crippen molar-refractivity contribution in [2.24, 2.45) is 0 Å². The smallest absolute Gasteiger partial charge is 0.224 e. The Kier molecular flexibility index (Phi) is 1.94.